The van der Waals surface area contributed by atoms with E-state index in [2.05, 4.69) is 0 Å². The third kappa shape index (κ3) is 2.17. The first kappa shape index (κ1) is 10.4. The summed E-state index contributed by atoms with van der Waals surface area (Å²) in [4.78, 5) is 10.7. The number of hydrogen-bond acceptors (Lipinski definition) is 3. The number of carbonyl (C=O) groups is 1. The number of allylic oxidation sites excluding steroid dienone is 1. The summed E-state index contributed by atoms with van der Waals surface area (Å²) >= 11 is 0. The van der Waals surface area contributed by atoms with Gasteiger partial charge in [-0.25, -0.2) is 0 Å². The lowest BCUT2D eigenvalue weighted by atomic mass is 10.1. The first-order chi connectivity index (χ1) is 6.00. The van der Waals surface area contributed by atoms with Gasteiger partial charge in [0.25, 0.3) is 0 Å². The molecular formula is C10H16O3. The number of hydrogen-bond donors (Lipinski definition) is 0. The van der Waals surface area contributed by atoms with Crippen LogP contribution in [-0.4, -0.2) is 24.3 Å². The first-order valence-electron chi connectivity index (χ1n) is 4.44. The highest BCUT2D eigenvalue weighted by molar-refractivity contribution is 5.59. The molecule has 0 N–H and O–H groups in total. The van der Waals surface area contributed by atoms with Gasteiger partial charge in [0.2, 0.25) is 0 Å². The molecule has 1 unspecified atom stereocenters. The largest absolute Gasteiger partial charge is 0.340 e. The molecule has 2 atom stereocenters. The molecule has 0 amide bonds. The van der Waals surface area contributed by atoms with Crippen molar-refractivity contribution in [3.05, 3.63) is 11.6 Å². The van der Waals surface area contributed by atoms with Crippen molar-refractivity contribution in [2.75, 3.05) is 0 Å². The molecule has 0 saturated carbocycles. The average Bonchev–Trinajstić information content (AvgIpc) is 2.39. The first-order valence-corrected chi connectivity index (χ1v) is 4.44. The summed E-state index contributed by atoms with van der Waals surface area (Å²) in [5.41, 5.74) is 1.03. The molecule has 1 heterocycles. The Bertz CT molecular complexity index is 230. The van der Waals surface area contributed by atoms with Gasteiger partial charge in [-0.1, -0.05) is 6.08 Å². The van der Waals surface area contributed by atoms with E-state index in [1.54, 1.807) is 0 Å². The van der Waals surface area contributed by atoms with Crippen molar-refractivity contribution < 1.29 is 14.3 Å². The summed E-state index contributed by atoms with van der Waals surface area (Å²) in [6.07, 6.45) is 2.04. The van der Waals surface area contributed by atoms with Gasteiger partial charge in [0.05, 0.1) is 0 Å². The van der Waals surface area contributed by atoms with Crippen LogP contribution in [0.1, 0.15) is 27.7 Å². The fourth-order valence-corrected chi connectivity index (χ4v) is 1.41. The van der Waals surface area contributed by atoms with E-state index < -0.39 is 11.9 Å². The quantitative estimate of drug-likeness (QED) is 0.483. The van der Waals surface area contributed by atoms with E-state index in [1.165, 1.54) is 0 Å². The number of rotatable bonds is 2. The zero-order valence-corrected chi connectivity index (χ0v) is 8.53. The molecule has 1 saturated heterocycles. The van der Waals surface area contributed by atoms with Gasteiger partial charge in [-0.05, 0) is 33.3 Å². The van der Waals surface area contributed by atoms with E-state index in [9.17, 15) is 4.79 Å². The van der Waals surface area contributed by atoms with E-state index >= 15 is 0 Å². The lowest BCUT2D eigenvalue weighted by Crippen LogP contribution is -2.24. The lowest BCUT2D eigenvalue weighted by molar-refractivity contribution is -0.148. The van der Waals surface area contributed by atoms with Crippen LogP contribution < -0.4 is 0 Å². The van der Waals surface area contributed by atoms with Crippen molar-refractivity contribution in [1.82, 2.24) is 0 Å². The molecule has 3 heteroatoms. The van der Waals surface area contributed by atoms with Crippen LogP contribution in [0.4, 0.5) is 0 Å². The second kappa shape index (κ2) is 3.60. The van der Waals surface area contributed by atoms with E-state index in [0.717, 1.165) is 11.9 Å². The summed E-state index contributed by atoms with van der Waals surface area (Å²) in [5.74, 6) is -0.652. The van der Waals surface area contributed by atoms with Gasteiger partial charge < -0.3 is 14.3 Å². The molecule has 74 valence electrons. The van der Waals surface area contributed by atoms with Gasteiger partial charge in [-0.2, -0.15) is 0 Å². The molecule has 1 rings (SSSR count). The van der Waals surface area contributed by atoms with Crippen LogP contribution in [0.2, 0.25) is 0 Å². The summed E-state index contributed by atoms with van der Waals surface area (Å²) in [6.45, 7) is 7.48. The average molecular weight is 184 g/mol. The maximum atomic E-state index is 10.7. The Balaban J connectivity index is 2.80. The lowest BCUT2D eigenvalue weighted by Gasteiger charge is -2.16. The summed E-state index contributed by atoms with van der Waals surface area (Å²) in [5, 5.41) is 0. The number of aldehydes is 1. The minimum atomic E-state index is -0.652. The summed E-state index contributed by atoms with van der Waals surface area (Å²) < 4.78 is 11.0. The third-order valence-corrected chi connectivity index (χ3v) is 2.17. The third-order valence-electron chi connectivity index (χ3n) is 2.17. The molecule has 0 bridgehead atoms. The van der Waals surface area contributed by atoms with Gasteiger partial charge in [0, 0.05) is 0 Å². The highest BCUT2D eigenvalue weighted by Crippen LogP contribution is 2.30. The van der Waals surface area contributed by atoms with Gasteiger partial charge in [0.1, 0.15) is 12.2 Å². The molecular weight excluding hydrogens is 168 g/mol. The number of carbonyl (C=O) groups excluding carboxylic acids is 1. The van der Waals surface area contributed by atoms with Crippen LogP contribution >= 0.6 is 0 Å². The van der Waals surface area contributed by atoms with Gasteiger partial charge >= 0.3 is 0 Å². The van der Waals surface area contributed by atoms with Crippen LogP contribution in [0.3, 0.4) is 0 Å². The molecule has 1 fully saturated rings. The Kier molecular flexibility index (Phi) is 2.88. The van der Waals surface area contributed by atoms with Crippen molar-refractivity contribution in [1.29, 1.82) is 0 Å². The minimum absolute atomic E-state index is 0.225. The highest BCUT2D eigenvalue weighted by Gasteiger charge is 2.41. The van der Waals surface area contributed by atoms with Gasteiger partial charge in [-0.15, -0.1) is 0 Å². The second-order valence-corrected chi connectivity index (χ2v) is 3.69. The van der Waals surface area contributed by atoms with E-state index in [1.807, 2.05) is 33.8 Å². The van der Waals surface area contributed by atoms with Crippen LogP contribution in [0, 0.1) is 0 Å². The maximum absolute atomic E-state index is 10.7. The smallest absolute Gasteiger partial charge is 0.164 e. The van der Waals surface area contributed by atoms with Crippen molar-refractivity contribution in [3.8, 4) is 0 Å². The van der Waals surface area contributed by atoms with Crippen LogP contribution in [0.5, 0.6) is 0 Å². The topological polar surface area (TPSA) is 35.5 Å². The van der Waals surface area contributed by atoms with Crippen molar-refractivity contribution in [3.63, 3.8) is 0 Å². The van der Waals surface area contributed by atoms with Crippen molar-refractivity contribution in [2.45, 2.75) is 45.7 Å². The molecule has 0 aromatic heterocycles. The number of ether oxygens (including phenoxy) is 2. The SMILES string of the molecule is C/C=C(/C)[C@@H]1OC(C)(C)OC1C=O. The van der Waals surface area contributed by atoms with Crippen molar-refractivity contribution >= 4 is 6.29 Å². The highest BCUT2D eigenvalue weighted by atomic mass is 16.8. The molecule has 0 radical (unpaired) electrons. The van der Waals surface area contributed by atoms with Crippen molar-refractivity contribution in [2.24, 2.45) is 0 Å². The molecule has 0 aromatic rings. The van der Waals surface area contributed by atoms with Crippen LogP contribution in [0.25, 0.3) is 0 Å². The molecule has 0 aromatic carbocycles. The summed E-state index contributed by atoms with van der Waals surface area (Å²) in [6, 6.07) is 0. The minimum Gasteiger partial charge on any atom is -0.340 e. The molecule has 1 aliphatic rings. The van der Waals surface area contributed by atoms with Gasteiger partial charge in [-0.3, -0.25) is 0 Å². The van der Waals surface area contributed by atoms with E-state index in [0.29, 0.717) is 0 Å². The molecule has 0 aliphatic carbocycles. The monoisotopic (exact) mass is 184 g/mol. The fraction of sp³-hybridized carbons (Fsp3) is 0.700. The Hall–Kier alpha value is -0.670. The zero-order valence-electron chi connectivity index (χ0n) is 8.53. The zero-order chi connectivity index (χ0) is 10.1. The molecule has 1 aliphatic heterocycles. The normalized spacial score (nSPS) is 33.4. The molecule has 0 spiro atoms. The molecule has 13 heavy (non-hydrogen) atoms. The van der Waals surface area contributed by atoms with Crippen LogP contribution in [0.15, 0.2) is 11.6 Å². The predicted octanol–water partition coefficient (Wildman–Crippen LogP) is 1.67. The molecule has 3 nitrogen and oxygen atoms in total. The standard InChI is InChI=1S/C10H16O3/c1-5-7(2)9-8(6-11)12-10(3,4)13-9/h5-6,8-9H,1-4H3/b7-5-/t8?,9-/m0/s1. The fourth-order valence-electron chi connectivity index (χ4n) is 1.41. The van der Waals surface area contributed by atoms with E-state index in [4.69, 9.17) is 9.47 Å². The van der Waals surface area contributed by atoms with Crippen LogP contribution in [-0.2, 0) is 14.3 Å². The maximum Gasteiger partial charge on any atom is 0.164 e. The Morgan fingerprint density at radius 3 is 2.46 bits per heavy atom. The van der Waals surface area contributed by atoms with E-state index in [-0.39, 0.29) is 6.10 Å². The second-order valence-electron chi connectivity index (χ2n) is 3.69. The Morgan fingerprint density at radius 1 is 1.38 bits per heavy atom. The Morgan fingerprint density at radius 2 is 2.00 bits per heavy atom. The van der Waals surface area contributed by atoms with Gasteiger partial charge in [0.15, 0.2) is 12.1 Å². The summed E-state index contributed by atoms with van der Waals surface area (Å²) in [7, 11) is 0. The predicted molar refractivity (Wildman–Crippen MR) is 49.3 cm³/mol. The Labute approximate surface area is 78.7 Å².